The quantitative estimate of drug-likeness (QED) is 0.637. The zero-order valence-electron chi connectivity index (χ0n) is 21.3. The van der Waals surface area contributed by atoms with E-state index in [4.69, 9.17) is 4.74 Å². The molecule has 2 fully saturated rings. The number of likely N-dealkylation sites (tertiary alicyclic amines) is 1. The molecule has 2 unspecified atom stereocenters. The van der Waals surface area contributed by atoms with Gasteiger partial charge in [0.25, 0.3) is 10.0 Å². The number of amides is 1. The van der Waals surface area contributed by atoms with Gasteiger partial charge in [-0.15, -0.1) is 0 Å². The molecule has 1 amide bonds. The normalized spacial score (nSPS) is 28.2. The Hall–Kier alpha value is -2.57. The van der Waals surface area contributed by atoms with Crippen LogP contribution in [0.15, 0.2) is 24.4 Å². The number of hydrogen-bond acceptors (Lipinski definition) is 6. The van der Waals surface area contributed by atoms with Gasteiger partial charge >= 0.3 is 6.09 Å². The topological polar surface area (TPSA) is 105 Å². The van der Waals surface area contributed by atoms with Crippen LogP contribution in [0.2, 0.25) is 0 Å². The molecule has 2 saturated heterocycles. The molecule has 1 aliphatic carbocycles. The molecule has 0 bridgehead atoms. The number of benzene rings is 1. The summed E-state index contributed by atoms with van der Waals surface area (Å²) in [6.07, 6.45) is 1.66. The molecule has 0 spiro atoms. The molecule has 2 aliphatic heterocycles. The third-order valence-electron chi connectivity index (χ3n) is 7.88. The van der Waals surface area contributed by atoms with Gasteiger partial charge in [0.15, 0.2) is 0 Å². The molecule has 5 atom stereocenters. The minimum atomic E-state index is -3.47. The van der Waals surface area contributed by atoms with Gasteiger partial charge in [-0.3, -0.25) is 9.80 Å². The van der Waals surface area contributed by atoms with Crippen molar-refractivity contribution in [3.8, 4) is 0 Å². The van der Waals surface area contributed by atoms with Crippen LogP contribution < -0.4 is 0 Å². The molecule has 1 aromatic carbocycles. The molecule has 202 valence electrons. The molecular formula is C25H32F2N4O5S. The van der Waals surface area contributed by atoms with E-state index in [-0.39, 0.29) is 30.0 Å². The van der Waals surface area contributed by atoms with E-state index in [0.717, 1.165) is 39.8 Å². The molecule has 9 nitrogen and oxygen atoms in total. The molecule has 1 N–H and O–H groups in total. The minimum Gasteiger partial charge on any atom is -0.465 e. The van der Waals surface area contributed by atoms with Gasteiger partial charge in [-0.1, -0.05) is 0 Å². The summed E-state index contributed by atoms with van der Waals surface area (Å²) in [5.74, 6) is -0.909. The van der Waals surface area contributed by atoms with Crippen molar-refractivity contribution in [3.63, 3.8) is 0 Å². The first-order valence-electron chi connectivity index (χ1n) is 12.4. The Balaban J connectivity index is 1.42. The first-order chi connectivity index (χ1) is 17.3. The van der Waals surface area contributed by atoms with Crippen LogP contribution in [0.3, 0.4) is 0 Å². The molecule has 0 saturated carbocycles. The minimum absolute atomic E-state index is 0.00933. The monoisotopic (exact) mass is 538 g/mol. The van der Waals surface area contributed by atoms with E-state index >= 15 is 0 Å². The van der Waals surface area contributed by atoms with Crippen molar-refractivity contribution in [2.45, 2.75) is 63.3 Å². The lowest BCUT2D eigenvalue weighted by Gasteiger charge is -2.48. The van der Waals surface area contributed by atoms with E-state index in [2.05, 4.69) is 10.00 Å². The molecule has 37 heavy (non-hydrogen) atoms. The van der Waals surface area contributed by atoms with Gasteiger partial charge in [0.1, 0.15) is 17.7 Å². The standard InChI is InChI=1S/C25H32F2N4O5S/c1-25(2,3)30(24(32)33)22-9-16(13-36-23(22)17-8-15(26)5-6-20(17)27)29-11-14-7-21-18(19(14)12-29)10-28-31(21)37(4,34)35/h5-6,8,10,14,16,19,22-23H,7,9,11-13H2,1-4H3,(H,32,33)/t14?,16-,19?,22+,23-/m1/s1. The molecule has 1 aromatic heterocycles. The van der Waals surface area contributed by atoms with Crippen LogP contribution >= 0.6 is 0 Å². The molecule has 0 radical (unpaired) electrons. The summed E-state index contributed by atoms with van der Waals surface area (Å²) in [5.41, 5.74) is 0.879. The van der Waals surface area contributed by atoms with E-state index in [1.807, 2.05) is 0 Å². The summed E-state index contributed by atoms with van der Waals surface area (Å²) >= 11 is 0. The fourth-order valence-corrected chi connectivity index (χ4v) is 7.22. The van der Waals surface area contributed by atoms with E-state index in [1.54, 1.807) is 27.0 Å². The average molecular weight is 539 g/mol. The Bertz CT molecular complexity index is 1320. The second kappa shape index (κ2) is 9.02. The lowest BCUT2D eigenvalue weighted by atomic mass is 9.88. The van der Waals surface area contributed by atoms with E-state index < -0.39 is 45.4 Å². The summed E-state index contributed by atoms with van der Waals surface area (Å²) in [7, 11) is -3.47. The highest BCUT2D eigenvalue weighted by Crippen LogP contribution is 2.46. The summed E-state index contributed by atoms with van der Waals surface area (Å²) in [5, 5.41) is 14.2. The average Bonchev–Trinajstić information content (AvgIpc) is 3.45. The lowest BCUT2D eigenvalue weighted by Crippen LogP contribution is -2.58. The molecule has 3 aliphatic rings. The largest absolute Gasteiger partial charge is 0.465 e. The summed E-state index contributed by atoms with van der Waals surface area (Å²) in [4.78, 5) is 16.0. The second-order valence-corrected chi connectivity index (χ2v) is 13.2. The zero-order chi connectivity index (χ0) is 26.9. The number of aromatic nitrogens is 2. The molecule has 2 aromatic rings. The maximum Gasteiger partial charge on any atom is 0.408 e. The van der Waals surface area contributed by atoms with Crippen molar-refractivity contribution in [2.24, 2.45) is 5.92 Å². The fourth-order valence-electron chi connectivity index (χ4n) is 6.42. The predicted octanol–water partition coefficient (Wildman–Crippen LogP) is 3.22. The van der Waals surface area contributed by atoms with Gasteiger partial charge in [-0.25, -0.2) is 22.0 Å². The van der Waals surface area contributed by atoms with Crippen molar-refractivity contribution in [3.05, 3.63) is 52.9 Å². The highest BCUT2D eigenvalue weighted by atomic mass is 32.2. The number of hydrogen-bond donors (Lipinski definition) is 1. The number of fused-ring (bicyclic) bond motifs is 3. The maximum atomic E-state index is 14.8. The third-order valence-corrected chi connectivity index (χ3v) is 8.82. The van der Waals surface area contributed by atoms with Gasteiger partial charge in [0.2, 0.25) is 0 Å². The van der Waals surface area contributed by atoms with Crippen LogP contribution in [0.4, 0.5) is 13.6 Å². The van der Waals surface area contributed by atoms with Crippen molar-refractivity contribution in [1.29, 1.82) is 0 Å². The Morgan fingerprint density at radius 2 is 1.95 bits per heavy atom. The number of carboxylic acid groups (broad SMARTS) is 1. The molecule has 12 heteroatoms. The Morgan fingerprint density at radius 3 is 2.59 bits per heavy atom. The number of rotatable bonds is 4. The van der Waals surface area contributed by atoms with Crippen LogP contribution in [-0.4, -0.2) is 82.2 Å². The Labute approximate surface area is 215 Å². The van der Waals surface area contributed by atoms with Crippen LogP contribution in [0, 0.1) is 17.6 Å². The fraction of sp³-hybridized carbons (Fsp3) is 0.600. The van der Waals surface area contributed by atoms with Gasteiger partial charge in [-0.05, 0) is 63.3 Å². The number of halogens is 2. The van der Waals surface area contributed by atoms with Gasteiger partial charge in [-0.2, -0.15) is 9.19 Å². The van der Waals surface area contributed by atoms with Gasteiger partial charge in [0, 0.05) is 36.2 Å². The maximum absolute atomic E-state index is 14.8. The molecular weight excluding hydrogens is 506 g/mol. The van der Waals surface area contributed by atoms with Crippen LogP contribution in [0.5, 0.6) is 0 Å². The second-order valence-electron chi connectivity index (χ2n) is 11.4. The van der Waals surface area contributed by atoms with Crippen molar-refractivity contribution >= 4 is 16.1 Å². The van der Waals surface area contributed by atoms with Crippen molar-refractivity contribution in [1.82, 2.24) is 19.0 Å². The molecule has 3 heterocycles. The van der Waals surface area contributed by atoms with E-state index in [0.29, 0.717) is 25.9 Å². The highest BCUT2D eigenvalue weighted by molar-refractivity contribution is 7.89. The van der Waals surface area contributed by atoms with Gasteiger partial charge in [0.05, 0.1) is 30.8 Å². The summed E-state index contributed by atoms with van der Waals surface area (Å²) < 4.78 is 60.3. The molecule has 5 rings (SSSR count). The van der Waals surface area contributed by atoms with Crippen LogP contribution in [0.25, 0.3) is 0 Å². The van der Waals surface area contributed by atoms with E-state index in [9.17, 15) is 27.1 Å². The van der Waals surface area contributed by atoms with Crippen molar-refractivity contribution in [2.75, 3.05) is 26.0 Å². The predicted molar refractivity (Wildman–Crippen MR) is 131 cm³/mol. The Morgan fingerprint density at radius 1 is 1.22 bits per heavy atom. The number of nitrogens with zero attached hydrogens (tertiary/aromatic N) is 4. The number of ether oxygens (including phenoxy) is 1. The van der Waals surface area contributed by atoms with Crippen LogP contribution in [-0.2, 0) is 21.2 Å². The van der Waals surface area contributed by atoms with Gasteiger partial charge < -0.3 is 9.84 Å². The SMILES string of the molecule is CC(C)(C)N(C(=O)O)[C@H]1C[C@@H](N2CC3Cc4c(cnn4S(C)(=O)=O)C3C2)CO[C@@H]1c1cc(F)ccc1F. The summed E-state index contributed by atoms with van der Waals surface area (Å²) in [6.45, 7) is 6.91. The summed E-state index contributed by atoms with van der Waals surface area (Å²) in [6, 6.07) is 2.27. The third kappa shape index (κ3) is 4.63. The zero-order valence-corrected chi connectivity index (χ0v) is 22.1. The van der Waals surface area contributed by atoms with E-state index in [1.165, 1.54) is 4.90 Å². The first-order valence-corrected chi connectivity index (χ1v) is 14.2. The highest BCUT2D eigenvalue weighted by Gasteiger charge is 2.49. The number of carbonyl (C=O) groups is 1. The lowest BCUT2D eigenvalue weighted by molar-refractivity contribution is -0.0991. The van der Waals surface area contributed by atoms with Crippen LogP contribution in [0.1, 0.15) is 56.0 Å². The first kappa shape index (κ1) is 26.1. The smallest absolute Gasteiger partial charge is 0.408 e. The Kier molecular flexibility index (Phi) is 6.35. The van der Waals surface area contributed by atoms with Crippen molar-refractivity contribution < 1.29 is 31.8 Å².